The molecule has 34 heavy (non-hydrogen) atoms. The van der Waals surface area contributed by atoms with E-state index in [4.69, 9.17) is 9.72 Å². The summed E-state index contributed by atoms with van der Waals surface area (Å²) in [4.78, 5) is 17.9. The molecule has 3 nitrogen and oxygen atoms in total. The first-order chi connectivity index (χ1) is 16.4. The predicted molar refractivity (Wildman–Crippen MR) is 125 cm³/mol. The molecule has 0 aliphatic rings. The Kier molecular flexibility index (Phi) is 5.49. The maximum atomic E-state index is 13.1. The number of nitrogens with zero attached hydrogens (tertiary/aromatic N) is 1. The Morgan fingerprint density at radius 3 is 2.32 bits per heavy atom. The Labute approximate surface area is 193 Å². The Morgan fingerprint density at radius 2 is 1.50 bits per heavy atom. The van der Waals surface area contributed by atoms with Gasteiger partial charge in [-0.1, -0.05) is 72.8 Å². The van der Waals surface area contributed by atoms with Gasteiger partial charge in [-0.3, -0.25) is 0 Å². The fraction of sp³-hybridized carbons (Fsp3) is 0.0714. The number of ether oxygens (including phenoxy) is 1. The lowest BCUT2D eigenvalue weighted by atomic mass is 9.99. The molecular weight excluding hydrogens is 439 g/mol. The van der Waals surface area contributed by atoms with E-state index in [1.54, 1.807) is 18.2 Å². The standard InChI is InChI=1S/C28H18F3NO2/c29-28(30,31)20-10-5-7-18(15-20)17-34-27(33)24-16-26(32-25-14-4-3-12-23(24)25)22-13-6-9-19-8-1-2-11-21(19)22/h1-16H,17H2. The van der Waals surface area contributed by atoms with Crippen LogP contribution in [0.1, 0.15) is 21.5 Å². The smallest absolute Gasteiger partial charge is 0.416 e. The number of carbonyl (C=O) groups excluding carboxylic acids is 1. The van der Waals surface area contributed by atoms with Crippen LogP contribution in [0.15, 0.2) is 97.1 Å². The quantitative estimate of drug-likeness (QED) is 0.264. The van der Waals surface area contributed by atoms with Gasteiger partial charge in [0.2, 0.25) is 0 Å². The number of hydrogen-bond acceptors (Lipinski definition) is 3. The summed E-state index contributed by atoms with van der Waals surface area (Å²) < 4.78 is 44.5. The van der Waals surface area contributed by atoms with Crippen molar-refractivity contribution in [1.82, 2.24) is 4.98 Å². The Balaban J connectivity index is 1.53. The maximum absolute atomic E-state index is 13.1. The van der Waals surface area contributed by atoms with Crippen LogP contribution in [0.3, 0.4) is 0 Å². The van der Waals surface area contributed by atoms with Crippen molar-refractivity contribution in [3.63, 3.8) is 0 Å². The summed E-state index contributed by atoms with van der Waals surface area (Å²) in [6.07, 6.45) is -4.46. The van der Waals surface area contributed by atoms with E-state index in [0.29, 0.717) is 22.2 Å². The second-order valence-electron chi connectivity index (χ2n) is 7.87. The van der Waals surface area contributed by atoms with Crippen molar-refractivity contribution in [2.24, 2.45) is 0 Å². The molecule has 0 aliphatic carbocycles. The average molecular weight is 457 g/mol. The van der Waals surface area contributed by atoms with Crippen molar-refractivity contribution in [1.29, 1.82) is 0 Å². The largest absolute Gasteiger partial charge is 0.457 e. The lowest BCUT2D eigenvalue weighted by Crippen LogP contribution is -2.09. The molecule has 1 heterocycles. The number of aromatic nitrogens is 1. The van der Waals surface area contributed by atoms with Gasteiger partial charge in [0, 0.05) is 10.9 Å². The zero-order valence-corrected chi connectivity index (χ0v) is 17.8. The van der Waals surface area contributed by atoms with Crippen molar-refractivity contribution >= 4 is 27.6 Å². The van der Waals surface area contributed by atoms with Gasteiger partial charge in [0.05, 0.1) is 22.3 Å². The minimum absolute atomic E-state index is 0.260. The van der Waals surface area contributed by atoms with Crippen molar-refractivity contribution in [2.75, 3.05) is 0 Å². The van der Waals surface area contributed by atoms with E-state index in [2.05, 4.69) is 0 Å². The van der Waals surface area contributed by atoms with Crippen molar-refractivity contribution < 1.29 is 22.7 Å². The molecule has 0 bridgehead atoms. The topological polar surface area (TPSA) is 39.2 Å². The third-order valence-corrected chi connectivity index (χ3v) is 5.63. The third-order valence-electron chi connectivity index (χ3n) is 5.63. The van der Waals surface area contributed by atoms with E-state index in [1.165, 1.54) is 12.1 Å². The predicted octanol–water partition coefficient (Wildman–Crippen LogP) is 7.43. The van der Waals surface area contributed by atoms with Crippen molar-refractivity contribution in [2.45, 2.75) is 12.8 Å². The Bertz CT molecular complexity index is 1520. The summed E-state index contributed by atoms with van der Waals surface area (Å²) >= 11 is 0. The van der Waals surface area contributed by atoms with E-state index < -0.39 is 17.7 Å². The zero-order valence-electron chi connectivity index (χ0n) is 17.8. The fourth-order valence-corrected chi connectivity index (χ4v) is 4.00. The molecule has 0 N–H and O–H groups in total. The molecule has 5 rings (SSSR count). The summed E-state index contributed by atoms with van der Waals surface area (Å²) in [5.74, 6) is -0.627. The highest BCUT2D eigenvalue weighted by Gasteiger charge is 2.30. The van der Waals surface area contributed by atoms with Crippen LogP contribution in [0, 0.1) is 0 Å². The number of halogens is 3. The van der Waals surface area contributed by atoms with Crippen molar-refractivity contribution in [3.8, 4) is 11.3 Å². The monoisotopic (exact) mass is 457 g/mol. The average Bonchev–Trinajstić information content (AvgIpc) is 2.86. The third kappa shape index (κ3) is 4.22. The van der Waals surface area contributed by atoms with Gasteiger partial charge in [-0.25, -0.2) is 9.78 Å². The van der Waals surface area contributed by atoms with Crippen LogP contribution in [0.5, 0.6) is 0 Å². The zero-order chi connectivity index (χ0) is 23.7. The molecule has 0 spiro atoms. The van der Waals surface area contributed by atoms with Gasteiger partial charge in [0.15, 0.2) is 0 Å². The molecule has 0 atom stereocenters. The van der Waals surface area contributed by atoms with Gasteiger partial charge in [-0.05, 0) is 40.6 Å². The number of benzene rings is 4. The number of esters is 1. The first-order valence-corrected chi connectivity index (χ1v) is 10.6. The van der Waals surface area contributed by atoms with Gasteiger partial charge in [-0.2, -0.15) is 13.2 Å². The van der Waals surface area contributed by atoms with Crippen LogP contribution in [0.25, 0.3) is 32.9 Å². The maximum Gasteiger partial charge on any atom is 0.416 e. The summed E-state index contributed by atoms with van der Waals surface area (Å²) in [7, 11) is 0. The molecule has 0 radical (unpaired) electrons. The molecular formula is C28H18F3NO2. The highest BCUT2D eigenvalue weighted by atomic mass is 19.4. The van der Waals surface area contributed by atoms with Crippen LogP contribution in [0.2, 0.25) is 0 Å². The molecule has 168 valence electrons. The van der Waals surface area contributed by atoms with Crippen LogP contribution in [-0.2, 0) is 17.5 Å². The molecule has 4 aromatic carbocycles. The van der Waals surface area contributed by atoms with Gasteiger partial charge in [-0.15, -0.1) is 0 Å². The summed E-state index contributed by atoms with van der Waals surface area (Å²) in [5, 5.41) is 2.65. The number of alkyl halides is 3. The molecule has 5 aromatic rings. The fourth-order valence-electron chi connectivity index (χ4n) is 4.00. The number of rotatable bonds is 4. The SMILES string of the molecule is O=C(OCc1cccc(C(F)(F)F)c1)c1cc(-c2cccc3ccccc23)nc2ccccc12. The number of pyridine rings is 1. The molecule has 0 aliphatic heterocycles. The minimum atomic E-state index is -4.46. The molecule has 0 saturated carbocycles. The molecule has 0 amide bonds. The minimum Gasteiger partial charge on any atom is -0.457 e. The van der Waals surface area contributed by atoms with E-state index in [1.807, 2.05) is 54.6 Å². The molecule has 1 aromatic heterocycles. The molecule has 0 fully saturated rings. The van der Waals surface area contributed by atoms with E-state index in [-0.39, 0.29) is 12.2 Å². The highest BCUT2D eigenvalue weighted by Crippen LogP contribution is 2.32. The van der Waals surface area contributed by atoms with Crippen LogP contribution in [0.4, 0.5) is 13.2 Å². The lowest BCUT2D eigenvalue weighted by molar-refractivity contribution is -0.137. The lowest BCUT2D eigenvalue weighted by Gasteiger charge is -2.12. The van der Waals surface area contributed by atoms with E-state index >= 15 is 0 Å². The number of para-hydroxylation sites is 1. The molecule has 0 saturated heterocycles. The van der Waals surface area contributed by atoms with Gasteiger partial charge in [0.1, 0.15) is 6.61 Å². The second-order valence-corrected chi connectivity index (χ2v) is 7.87. The molecule has 0 unspecified atom stereocenters. The van der Waals surface area contributed by atoms with Crippen LogP contribution >= 0.6 is 0 Å². The summed E-state index contributed by atoms with van der Waals surface area (Å²) in [5.41, 5.74) is 1.89. The van der Waals surface area contributed by atoms with Gasteiger partial charge in [0.25, 0.3) is 0 Å². The Hall–Kier alpha value is -4.19. The first-order valence-electron chi connectivity index (χ1n) is 10.6. The summed E-state index contributed by atoms with van der Waals surface area (Å²) in [6, 6.07) is 27.4. The van der Waals surface area contributed by atoms with Crippen LogP contribution in [-0.4, -0.2) is 11.0 Å². The number of hydrogen-bond donors (Lipinski definition) is 0. The van der Waals surface area contributed by atoms with E-state index in [9.17, 15) is 18.0 Å². The van der Waals surface area contributed by atoms with E-state index in [0.717, 1.165) is 28.5 Å². The van der Waals surface area contributed by atoms with Crippen LogP contribution < -0.4 is 0 Å². The normalized spacial score (nSPS) is 11.6. The Morgan fingerprint density at radius 1 is 0.794 bits per heavy atom. The van der Waals surface area contributed by atoms with Gasteiger partial charge >= 0.3 is 12.1 Å². The van der Waals surface area contributed by atoms with Crippen molar-refractivity contribution in [3.05, 3.63) is 114 Å². The summed E-state index contributed by atoms with van der Waals surface area (Å²) in [6.45, 7) is -0.275. The number of fused-ring (bicyclic) bond motifs is 2. The highest BCUT2D eigenvalue weighted by molar-refractivity contribution is 6.06. The first kappa shape index (κ1) is 21.6. The number of carbonyl (C=O) groups is 1. The molecule has 6 heteroatoms. The second kappa shape index (κ2) is 8.63. The van der Waals surface area contributed by atoms with Gasteiger partial charge < -0.3 is 4.74 Å².